The van der Waals surface area contributed by atoms with Crippen molar-refractivity contribution in [3.8, 4) is 0 Å². The number of hydrogen-bond donors (Lipinski definition) is 3. The summed E-state index contributed by atoms with van der Waals surface area (Å²) in [6.07, 6.45) is 0. The second-order valence-electron chi connectivity index (χ2n) is 5.44. The largest absolute Gasteiger partial charge is 0.397 e. The number of H-pyrrole nitrogens is 1. The van der Waals surface area contributed by atoms with Crippen molar-refractivity contribution in [1.82, 2.24) is 15.2 Å². The molecule has 0 atom stereocenters. The second kappa shape index (κ2) is 4.92. The van der Waals surface area contributed by atoms with Gasteiger partial charge < -0.3 is 11.1 Å². The number of amides is 1. The summed E-state index contributed by atoms with van der Waals surface area (Å²) in [5.41, 5.74) is 5.88. The Morgan fingerprint density at radius 2 is 2.10 bits per heavy atom. The summed E-state index contributed by atoms with van der Waals surface area (Å²) in [6, 6.07) is 3.74. The van der Waals surface area contributed by atoms with Gasteiger partial charge in [0.25, 0.3) is 5.91 Å². The molecule has 0 saturated heterocycles. The first-order valence-electron chi connectivity index (χ1n) is 6.06. The molecule has 20 heavy (non-hydrogen) atoms. The Balaban J connectivity index is 2.20. The van der Waals surface area contributed by atoms with E-state index in [1.165, 1.54) is 12.1 Å². The van der Waals surface area contributed by atoms with Gasteiger partial charge in [-0.05, 0) is 18.2 Å². The zero-order valence-electron chi connectivity index (χ0n) is 11.5. The van der Waals surface area contributed by atoms with Crippen LogP contribution in [0, 0.1) is 5.82 Å². The van der Waals surface area contributed by atoms with Crippen molar-refractivity contribution in [2.75, 3.05) is 11.1 Å². The van der Waals surface area contributed by atoms with E-state index in [0.29, 0.717) is 5.82 Å². The smallest absolute Gasteiger partial charge is 0.295 e. The molecule has 0 aliphatic carbocycles. The number of nitrogens with two attached hydrogens (primary N) is 1. The fourth-order valence-electron chi connectivity index (χ4n) is 1.51. The molecule has 2 aromatic rings. The highest BCUT2D eigenvalue weighted by molar-refractivity contribution is 6.03. The van der Waals surface area contributed by atoms with Crippen molar-refractivity contribution < 1.29 is 9.18 Å². The third-order valence-corrected chi connectivity index (χ3v) is 2.66. The van der Waals surface area contributed by atoms with E-state index in [0.717, 1.165) is 6.07 Å². The van der Waals surface area contributed by atoms with Crippen molar-refractivity contribution in [3.05, 3.63) is 35.7 Å². The number of anilines is 2. The summed E-state index contributed by atoms with van der Waals surface area (Å²) in [5.74, 6) is -0.456. The molecule has 1 heterocycles. The Bertz CT molecular complexity index is 644. The van der Waals surface area contributed by atoms with Crippen LogP contribution < -0.4 is 11.1 Å². The zero-order valence-corrected chi connectivity index (χ0v) is 11.5. The molecule has 0 spiro atoms. The Morgan fingerprint density at radius 1 is 1.40 bits per heavy atom. The average Bonchev–Trinajstić information content (AvgIpc) is 2.83. The minimum atomic E-state index is -0.547. The van der Waals surface area contributed by atoms with Crippen LogP contribution >= 0.6 is 0 Å². The summed E-state index contributed by atoms with van der Waals surface area (Å²) in [4.78, 5) is 16.1. The maximum Gasteiger partial charge on any atom is 0.295 e. The van der Waals surface area contributed by atoms with Crippen LogP contribution in [-0.4, -0.2) is 21.1 Å². The third kappa shape index (κ3) is 2.93. The molecule has 0 fully saturated rings. The van der Waals surface area contributed by atoms with Crippen molar-refractivity contribution in [3.63, 3.8) is 0 Å². The summed E-state index contributed by atoms with van der Waals surface area (Å²) in [7, 11) is 0. The van der Waals surface area contributed by atoms with Gasteiger partial charge in [0, 0.05) is 5.41 Å². The van der Waals surface area contributed by atoms with E-state index >= 15 is 0 Å². The highest BCUT2D eigenvalue weighted by atomic mass is 19.1. The van der Waals surface area contributed by atoms with Crippen molar-refractivity contribution >= 4 is 17.3 Å². The maximum atomic E-state index is 13.1. The van der Waals surface area contributed by atoms with Gasteiger partial charge in [-0.3, -0.25) is 9.89 Å². The highest BCUT2D eigenvalue weighted by Gasteiger charge is 2.21. The Morgan fingerprint density at radius 3 is 2.70 bits per heavy atom. The fraction of sp³-hybridized carbons (Fsp3) is 0.308. The first-order valence-corrected chi connectivity index (χ1v) is 6.06. The average molecular weight is 277 g/mol. The summed E-state index contributed by atoms with van der Waals surface area (Å²) in [6.45, 7) is 5.83. The molecule has 1 amide bonds. The van der Waals surface area contributed by atoms with Gasteiger partial charge in [0.2, 0.25) is 5.82 Å². The van der Waals surface area contributed by atoms with Gasteiger partial charge >= 0.3 is 0 Å². The molecule has 0 aliphatic rings. The van der Waals surface area contributed by atoms with Crippen LogP contribution in [0.15, 0.2) is 18.2 Å². The predicted molar refractivity (Wildman–Crippen MR) is 73.8 cm³/mol. The molecular formula is C13H16FN5O. The normalized spacial score (nSPS) is 11.4. The van der Waals surface area contributed by atoms with Crippen LogP contribution in [-0.2, 0) is 5.41 Å². The molecule has 7 heteroatoms. The number of nitrogens with one attached hydrogen (secondary N) is 2. The molecule has 0 aliphatic heterocycles. The Labute approximate surface area is 115 Å². The Kier molecular flexibility index (Phi) is 3.44. The molecule has 1 aromatic heterocycles. The minimum Gasteiger partial charge on any atom is -0.397 e. The van der Waals surface area contributed by atoms with E-state index < -0.39 is 11.7 Å². The van der Waals surface area contributed by atoms with Gasteiger partial charge in [0.1, 0.15) is 11.6 Å². The van der Waals surface area contributed by atoms with Gasteiger partial charge in [0.05, 0.1) is 11.4 Å². The van der Waals surface area contributed by atoms with E-state index in [2.05, 4.69) is 20.5 Å². The molecule has 6 nitrogen and oxygen atoms in total. The summed E-state index contributed by atoms with van der Waals surface area (Å²) < 4.78 is 13.1. The number of aromatic nitrogens is 3. The number of rotatable bonds is 2. The van der Waals surface area contributed by atoms with Crippen LogP contribution in [0.5, 0.6) is 0 Å². The maximum absolute atomic E-state index is 13.1. The van der Waals surface area contributed by atoms with Gasteiger partial charge in [0.15, 0.2) is 0 Å². The van der Waals surface area contributed by atoms with Crippen LogP contribution in [0.2, 0.25) is 0 Å². The van der Waals surface area contributed by atoms with Gasteiger partial charge in [-0.15, -0.1) is 5.10 Å². The van der Waals surface area contributed by atoms with Crippen molar-refractivity contribution in [1.29, 1.82) is 0 Å². The number of halogens is 1. The molecule has 2 rings (SSSR count). The number of benzene rings is 1. The van der Waals surface area contributed by atoms with Crippen LogP contribution in [0.25, 0.3) is 0 Å². The SMILES string of the molecule is CC(C)(C)c1nc(C(=O)Nc2cc(F)ccc2N)n[nH]1. The topological polar surface area (TPSA) is 96.7 Å². The molecule has 1 aromatic carbocycles. The molecule has 0 saturated carbocycles. The van der Waals surface area contributed by atoms with Gasteiger partial charge in [-0.1, -0.05) is 20.8 Å². The zero-order chi connectivity index (χ0) is 14.9. The van der Waals surface area contributed by atoms with Crippen molar-refractivity contribution in [2.24, 2.45) is 0 Å². The monoisotopic (exact) mass is 277 g/mol. The standard InChI is InChI=1S/C13H16FN5O/c1-13(2,3)12-17-10(18-19-12)11(20)16-9-6-7(14)4-5-8(9)15/h4-6H,15H2,1-3H3,(H,16,20)(H,17,18,19). The summed E-state index contributed by atoms with van der Waals surface area (Å²) in [5, 5.41) is 9.04. The number of carbonyl (C=O) groups is 1. The van der Waals surface area contributed by atoms with E-state index in [1.54, 1.807) is 0 Å². The minimum absolute atomic E-state index is 0.0152. The molecule has 4 N–H and O–H groups in total. The molecule has 106 valence electrons. The number of hydrogen-bond acceptors (Lipinski definition) is 4. The lowest BCUT2D eigenvalue weighted by atomic mass is 9.96. The number of carbonyl (C=O) groups excluding carboxylic acids is 1. The number of nitrogens with zero attached hydrogens (tertiary/aromatic N) is 2. The second-order valence-corrected chi connectivity index (χ2v) is 5.44. The number of nitrogen functional groups attached to an aromatic ring is 1. The van der Waals surface area contributed by atoms with Gasteiger partial charge in [-0.2, -0.15) is 0 Å². The van der Waals surface area contributed by atoms with Gasteiger partial charge in [-0.25, -0.2) is 9.37 Å². The Hall–Kier alpha value is -2.44. The molecule has 0 bridgehead atoms. The molecule has 0 unspecified atom stereocenters. The van der Waals surface area contributed by atoms with E-state index in [4.69, 9.17) is 5.73 Å². The lowest BCUT2D eigenvalue weighted by Gasteiger charge is -2.12. The molecular weight excluding hydrogens is 261 g/mol. The first kappa shape index (κ1) is 14.0. The van der Waals surface area contributed by atoms with E-state index in [1.807, 2.05) is 20.8 Å². The van der Waals surface area contributed by atoms with E-state index in [9.17, 15) is 9.18 Å². The predicted octanol–water partition coefficient (Wildman–Crippen LogP) is 2.08. The highest BCUT2D eigenvalue weighted by Crippen LogP contribution is 2.20. The lowest BCUT2D eigenvalue weighted by molar-refractivity contribution is 0.101. The van der Waals surface area contributed by atoms with Crippen molar-refractivity contribution in [2.45, 2.75) is 26.2 Å². The number of aromatic amines is 1. The van der Waals surface area contributed by atoms with Crippen LogP contribution in [0.3, 0.4) is 0 Å². The van der Waals surface area contributed by atoms with E-state index in [-0.39, 0.29) is 22.6 Å². The molecule has 0 radical (unpaired) electrons. The van der Waals surface area contributed by atoms with Crippen LogP contribution in [0.4, 0.5) is 15.8 Å². The first-order chi connectivity index (χ1) is 9.27. The fourth-order valence-corrected chi connectivity index (χ4v) is 1.51. The quantitative estimate of drug-likeness (QED) is 0.732. The lowest BCUT2D eigenvalue weighted by Crippen LogP contribution is -2.16. The van der Waals surface area contributed by atoms with Crippen LogP contribution in [0.1, 0.15) is 37.2 Å². The third-order valence-electron chi connectivity index (χ3n) is 2.66. The summed E-state index contributed by atoms with van der Waals surface area (Å²) >= 11 is 0.